The summed E-state index contributed by atoms with van der Waals surface area (Å²) < 4.78 is 16.6. The van der Waals surface area contributed by atoms with Crippen molar-refractivity contribution < 1.29 is 14.2 Å². The van der Waals surface area contributed by atoms with Gasteiger partial charge in [0.25, 0.3) is 0 Å². The van der Waals surface area contributed by atoms with Crippen LogP contribution >= 0.6 is 0 Å². The summed E-state index contributed by atoms with van der Waals surface area (Å²) in [4.78, 5) is 0. The summed E-state index contributed by atoms with van der Waals surface area (Å²) in [7, 11) is 0. The minimum absolute atomic E-state index is 0.0784. The second kappa shape index (κ2) is 6.31. The molecule has 2 aliphatic heterocycles. The summed E-state index contributed by atoms with van der Waals surface area (Å²) in [6, 6.07) is 14.1. The first-order valence-electron chi connectivity index (χ1n) is 9.20. The third-order valence-electron chi connectivity index (χ3n) is 5.35. The summed E-state index contributed by atoms with van der Waals surface area (Å²) in [6.45, 7) is 4.25. The van der Waals surface area contributed by atoms with Gasteiger partial charge in [0.05, 0.1) is 17.2 Å². The normalized spacial score (nSPS) is 16.9. The number of aromatic amines is 1. The Morgan fingerprint density at radius 3 is 2.79 bits per heavy atom. The fraction of sp³-hybridized carbons (Fsp3) is 0.182. The van der Waals surface area contributed by atoms with E-state index < -0.39 is 0 Å². The predicted molar refractivity (Wildman–Crippen MR) is 105 cm³/mol. The van der Waals surface area contributed by atoms with E-state index in [9.17, 15) is 5.26 Å². The van der Waals surface area contributed by atoms with Crippen LogP contribution in [-0.4, -0.2) is 17.0 Å². The van der Waals surface area contributed by atoms with E-state index in [0.29, 0.717) is 23.0 Å². The van der Waals surface area contributed by atoms with Crippen molar-refractivity contribution >= 4 is 0 Å². The Morgan fingerprint density at radius 1 is 1.14 bits per heavy atom. The molecule has 144 valence electrons. The Morgan fingerprint density at radius 2 is 1.97 bits per heavy atom. The maximum Gasteiger partial charge on any atom is 0.244 e. The molecule has 3 heterocycles. The molecular formula is C22H18N4O3. The van der Waals surface area contributed by atoms with Crippen LogP contribution in [0, 0.1) is 25.2 Å². The average molecular weight is 386 g/mol. The molecule has 2 aromatic carbocycles. The number of aryl methyl sites for hydroxylation is 2. The van der Waals surface area contributed by atoms with E-state index in [1.54, 1.807) is 0 Å². The minimum Gasteiger partial charge on any atom is -0.454 e. The van der Waals surface area contributed by atoms with Crippen LogP contribution in [0.4, 0.5) is 0 Å². The van der Waals surface area contributed by atoms with Gasteiger partial charge in [0.2, 0.25) is 18.6 Å². The Labute approximate surface area is 167 Å². The van der Waals surface area contributed by atoms with Gasteiger partial charge >= 0.3 is 0 Å². The van der Waals surface area contributed by atoms with Crippen molar-refractivity contribution in [3.8, 4) is 34.7 Å². The van der Waals surface area contributed by atoms with Gasteiger partial charge in [0.1, 0.15) is 11.6 Å². The van der Waals surface area contributed by atoms with Crippen molar-refractivity contribution in [2.24, 2.45) is 5.73 Å². The zero-order valence-corrected chi connectivity index (χ0v) is 15.9. The maximum atomic E-state index is 9.87. The summed E-state index contributed by atoms with van der Waals surface area (Å²) in [6.07, 6.45) is 0. The van der Waals surface area contributed by atoms with Crippen molar-refractivity contribution in [2.75, 3.05) is 6.79 Å². The number of H-pyrrole nitrogens is 1. The van der Waals surface area contributed by atoms with E-state index in [1.807, 2.05) is 44.2 Å². The van der Waals surface area contributed by atoms with Gasteiger partial charge in [0, 0.05) is 5.56 Å². The zero-order valence-electron chi connectivity index (χ0n) is 15.9. The fourth-order valence-electron chi connectivity index (χ4n) is 3.90. The lowest BCUT2D eigenvalue weighted by Crippen LogP contribution is -2.21. The lowest BCUT2D eigenvalue weighted by Gasteiger charge is -2.25. The summed E-state index contributed by atoms with van der Waals surface area (Å²) in [5, 5.41) is 17.3. The highest BCUT2D eigenvalue weighted by atomic mass is 16.7. The minimum atomic E-state index is -0.386. The third-order valence-corrected chi connectivity index (χ3v) is 5.35. The molecular weight excluding hydrogens is 368 g/mol. The predicted octanol–water partition coefficient (Wildman–Crippen LogP) is 3.64. The van der Waals surface area contributed by atoms with Gasteiger partial charge in [-0.1, -0.05) is 23.8 Å². The van der Waals surface area contributed by atoms with E-state index in [0.717, 1.165) is 33.5 Å². The molecule has 0 aliphatic carbocycles. The number of nitrogens with one attached hydrogen (secondary N) is 1. The zero-order chi connectivity index (χ0) is 20.1. The van der Waals surface area contributed by atoms with E-state index >= 15 is 0 Å². The Hall–Kier alpha value is -3.92. The molecule has 0 spiro atoms. The van der Waals surface area contributed by atoms with Crippen molar-refractivity contribution in [1.82, 2.24) is 10.2 Å². The largest absolute Gasteiger partial charge is 0.454 e. The molecule has 29 heavy (non-hydrogen) atoms. The number of benzene rings is 2. The molecule has 0 radical (unpaired) electrons. The second-order valence-corrected chi connectivity index (χ2v) is 7.17. The lowest BCUT2D eigenvalue weighted by atomic mass is 9.80. The first kappa shape index (κ1) is 17.2. The van der Waals surface area contributed by atoms with Gasteiger partial charge in [0.15, 0.2) is 11.5 Å². The fourth-order valence-corrected chi connectivity index (χ4v) is 3.90. The number of rotatable bonds is 2. The Kier molecular flexibility index (Phi) is 3.74. The quantitative estimate of drug-likeness (QED) is 0.696. The number of hydrogen-bond donors (Lipinski definition) is 2. The maximum absolute atomic E-state index is 9.87. The van der Waals surface area contributed by atoms with Crippen LogP contribution in [0.15, 0.2) is 47.9 Å². The number of hydrogen-bond acceptors (Lipinski definition) is 6. The van der Waals surface area contributed by atoms with Crippen molar-refractivity contribution in [3.05, 3.63) is 70.1 Å². The number of fused-ring (bicyclic) bond motifs is 2. The van der Waals surface area contributed by atoms with Gasteiger partial charge in [-0.25, -0.2) is 0 Å². The summed E-state index contributed by atoms with van der Waals surface area (Å²) >= 11 is 0. The van der Waals surface area contributed by atoms with E-state index in [2.05, 4.69) is 22.3 Å². The van der Waals surface area contributed by atoms with Crippen molar-refractivity contribution in [2.45, 2.75) is 19.8 Å². The second-order valence-electron chi connectivity index (χ2n) is 7.17. The van der Waals surface area contributed by atoms with Gasteiger partial charge in [-0.2, -0.15) is 5.26 Å². The molecule has 3 N–H and O–H groups in total. The van der Waals surface area contributed by atoms with Gasteiger partial charge < -0.3 is 19.9 Å². The SMILES string of the molecule is Cc1ccc(C)c([C@@H]2C(C#N)=C(N)Oc3n[nH]c(-c4ccc5c(c4)OCO5)c32)c1. The lowest BCUT2D eigenvalue weighted by molar-refractivity contribution is 0.174. The number of nitrogens with two attached hydrogens (primary N) is 1. The Bertz CT molecular complexity index is 1220. The number of aromatic nitrogens is 2. The Balaban J connectivity index is 1.74. The molecule has 3 aromatic rings. The summed E-state index contributed by atoms with van der Waals surface area (Å²) in [5.41, 5.74) is 12.0. The number of nitriles is 1. The molecule has 7 nitrogen and oxygen atoms in total. The van der Waals surface area contributed by atoms with Crippen molar-refractivity contribution in [1.29, 1.82) is 5.26 Å². The number of ether oxygens (including phenoxy) is 3. The molecule has 5 rings (SSSR count). The number of allylic oxidation sites excluding steroid dienone is 1. The van der Waals surface area contributed by atoms with E-state index in [-0.39, 0.29) is 18.6 Å². The first-order valence-corrected chi connectivity index (χ1v) is 9.20. The van der Waals surface area contributed by atoms with E-state index in [4.69, 9.17) is 19.9 Å². The van der Waals surface area contributed by atoms with Crippen LogP contribution in [-0.2, 0) is 0 Å². The molecule has 2 aliphatic rings. The molecule has 0 saturated carbocycles. The first-order chi connectivity index (χ1) is 14.1. The highest BCUT2D eigenvalue weighted by molar-refractivity contribution is 5.73. The van der Waals surface area contributed by atoms with Crippen LogP contribution in [0.1, 0.15) is 28.2 Å². The molecule has 1 aromatic heterocycles. The number of nitrogens with zero attached hydrogens (tertiary/aromatic N) is 2. The van der Waals surface area contributed by atoms with Crippen LogP contribution in [0.2, 0.25) is 0 Å². The highest BCUT2D eigenvalue weighted by Crippen LogP contribution is 2.47. The topological polar surface area (TPSA) is 106 Å². The summed E-state index contributed by atoms with van der Waals surface area (Å²) in [5.74, 6) is 1.44. The molecule has 0 fully saturated rings. The average Bonchev–Trinajstić information content (AvgIpc) is 3.34. The smallest absolute Gasteiger partial charge is 0.244 e. The van der Waals surface area contributed by atoms with Crippen LogP contribution in [0.25, 0.3) is 11.3 Å². The molecule has 7 heteroatoms. The van der Waals surface area contributed by atoms with Crippen LogP contribution in [0.5, 0.6) is 17.4 Å². The van der Waals surface area contributed by atoms with Gasteiger partial charge in [-0.15, -0.1) is 5.10 Å². The van der Waals surface area contributed by atoms with Gasteiger partial charge in [-0.05, 0) is 43.2 Å². The molecule has 0 bridgehead atoms. The highest BCUT2D eigenvalue weighted by Gasteiger charge is 2.36. The third kappa shape index (κ3) is 2.61. The molecule has 0 amide bonds. The van der Waals surface area contributed by atoms with Crippen molar-refractivity contribution in [3.63, 3.8) is 0 Å². The molecule has 0 unspecified atom stereocenters. The standard InChI is InChI=1S/C22H18N4O3/c1-11-3-4-12(2)14(7-11)18-15(9-23)21(24)29-22-19(18)20(25-26-22)13-5-6-16-17(8-13)28-10-27-16/h3-8,18H,10,24H2,1-2H3,(H,25,26)/t18-/m1/s1. The van der Waals surface area contributed by atoms with Crippen LogP contribution < -0.4 is 19.9 Å². The monoisotopic (exact) mass is 386 g/mol. The molecule has 0 saturated heterocycles. The van der Waals surface area contributed by atoms with E-state index in [1.165, 1.54) is 0 Å². The molecule has 1 atom stereocenters. The van der Waals surface area contributed by atoms with Gasteiger partial charge in [-0.3, -0.25) is 5.10 Å². The van der Waals surface area contributed by atoms with Crippen LogP contribution in [0.3, 0.4) is 0 Å².